The third-order valence-corrected chi connectivity index (χ3v) is 2.15. The summed E-state index contributed by atoms with van der Waals surface area (Å²) in [5.74, 6) is -0.0968. The van der Waals surface area contributed by atoms with Crippen LogP contribution in [0, 0.1) is 19.7 Å². The summed E-state index contributed by atoms with van der Waals surface area (Å²) in [5, 5.41) is 0. The summed E-state index contributed by atoms with van der Waals surface area (Å²) >= 11 is 0. The molecular formula is C10H14FN. The van der Waals surface area contributed by atoms with E-state index < -0.39 is 0 Å². The lowest BCUT2D eigenvalue weighted by atomic mass is 10.0. The molecule has 0 saturated carbocycles. The summed E-state index contributed by atoms with van der Waals surface area (Å²) in [4.78, 5) is 0. The first-order chi connectivity index (χ1) is 5.66. The highest BCUT2D eigenvalue weighted by Crippen LogP contribution is 2.16. The molecule has 12 heavy (non-hydrogen) atoms. The second-order valence-electron chi connectivity index (χ2n) is 3.02. The lowest BCUT2D eigenvalue weighted by molar-refractivity contribution is 0.599. The summed E-state index contributed by atoms with van der Waals surface area (Å²) in [6.07, 6.45) is 0.618. The van der Waals surface area contributed by atoms with E-state index in [1.807, 2.05) is 19.1 Å². The van der Waals surface area contributed by atoms with E-state index in [0.29, 0.717) is 13.0 Å². The molecule has 1 aromatic carbocycles. The number of aryl methyl sites for hydroxylation is 1. The van der Waals surface area contributed by atoms with E-state index in [4.69, 9.17) is 5.73 Å². The quantitative estimate of drug-likeness (QED) is 0.715. The molecule has 0 aliphatic carbocycles. The first kappa shape index (κ1) is 9.20. The van der Waals surface area contributed by atoms with Crippen molar-refractivity contribution in [2.45, 2.75) is 20.3 Å². The van der Waals surface area contributed by atoms with Crippen LogP contribution in [0.15, 0.2) is 12.1 Å². The van der Waals surface area contributed by atoms with Crippen LogP contribution in [0.5, 0.6) is 0 Å². The Morgan fingerprint density at radius 2 is 2.00 bits per heavy atom. The minimum Gasteiger partial charge on any atom is -0.330 e. The Kier molecular flexibility index (Phi) is 2.82. The fraction of sp³-hybridized carbons (Fsp3) is 0.400. The molecule has 1 rings (SSSR count). The van der Waals surface area contributed by atoms with E-state index in [-0.39, 0.29) is 5.82 Å². The van der Waals surface area contributed by atoms with Crippen LogP contribution in [0.3, 0.4) is 0 Å². The van der Waals surface area contributed by atoms with E-state index in [0.717, 1.165) is 16.7 Å². The lowest BCUT2D eigenvalue weighted by Gasteiger charge is -2.06. The van der Waals surface area contributed by atoms with Crippen molar-refractivity contribution in [3.05, 3.63) is 34.6 Å². The van der Waals surface area contributed by atoms with E-state index in [1.165, 1.54) is 0 Å². The molecule has 0 atom stereocenters. The molecule has 0 heterocycles. The van der Waals surface area contributed by atoms with Gasteiger partial charge in [0.05, 0.1) is 0 Å². The van der Waals surface area contributed by atoms with Gasteiger partial charge in [-0.3, -0.25) is 0 Å². The molecule has 0 radical (unpaired) electrons. The van der Waals surface area contributed by atoms with Crippen molar-refractivity contribution in [2.75, 3.05) is 6.54 Å². The molecule has 0 fully saturated rings. The molecule has 0 saturated heterocycles. The van der Waals surface area contributed by atoms with Crippen LogP contribution in [0.1, 0.15) is 16.7 Å². The summed E-state index contributed by atoms with van der Waals surface area (Å²) in [5.41, 5.74) is 7.80. The number of halogens is 1. The van der Waals surface area contributed by atoms with Crippen molar-refractivity contribution in [3.63, 3.8) is 0 Å². The zero-order chi connectivity index (χ0) is 9.14. The van der Waals surface area contributed by atoms with Gasteiger partial charge >= 0.3 is 0 Å². The van der Waals surface area contributed by atoms with E-state index in [2.05, 4.69) is 0 Å². The second kappa shape index (κ2) is 3.68. The minimum absolute atomic E-state index is 0.0968. The third kappa shape index (κ3) is 1.64. The van der Waals surface area contributed by atoms with Crippen molar-refractivity contribution in [1.29, 1.82) is 0 Å². The fourth-order valence-corrected chi connectivity index (χ4v) is 1.19. The smallest absolute Gasteiger partial charge is 0.129 e. The van der Waals surface area contributed by atoms with Crippen LogP contribution in [0.4, 0.5) is 4.39 Å². The molecule has 1 aromatic rings. The van der Waals surface area contributed by atoms with Crippen LogP contribution in [-0.4, -0.2) is 6.54 Å². The molecular weight excluding hydrogens is 153 g/mol. The molecule has 0 aliphatic rings. The highest BCUT2D eigenvalue weighted by molar-refractivity contribution is 5.32. The SMILES string of the molecule is Cc1ccc(CCN)c(F)c1C. The summed E-state index contributed by atoms with van der Waals surface area (Å²) < 4.78 is 13.4. The number of hydrogen-bond donors (Lipinski definition) is 1. The monoisotopic (exact) mass is 167 g/mol. The number of benzene rings is 1. The first-order valence-electron chi connectivity index (χ1n) is 4.11. The molecule has 0 aliphatic heterocycles. The topological polar surface area (TPSA) is 26.0 Å². The van der Waals surface area contributed by atoms with Crippen LogP contribution in [0.25, 0.3) is 0 Å². The van der Waals surface area contributed by atoms with Crippen molar-refractivity contribution in [2.24, 2.45) is 5.73 Å². The maximum atomic E-state index is 13.4. The van der Waals surface area contributed by atoms with E-state index >= 15 is 0 Å². The molecule has 0 unspecified atom stereocenters. The Morgan fingerprint density at radius 3 is 2.58 bits per heavy atom. The normalized spacial score (nSPS) is 10.3. The molecule has 66 valence electrons. The van der Waals surface area contributed by atoms with Crippen LogP contribution < -0.4 is 5.73 Å². The lowest BCUT2D eigenvalue weighted by Crippen LogP contribution is -2.05. The van der Waals surface area contributed by atoms with Crippen molar-refractivity contribution in [1.82, 2.24) is 0 Å². The van der Waals surface area contributed by atoms with Crippen molar-refractivity contribution < 1.29 is 4.39 Å². The van der Waals surface area contributed by atoms with Crippen LogP contribution in [0.2, 0.25) is 0 Å². The highest BCUT2D eigenvalue weighted by Gasteiger charge is 2.05. The van der Waals surface area contributed by atoms with Crippen molar-refractivity contribution >= 4 is 0 Å². The molecule has 0 spiro atoms. The van der Waals surface area contributed by atoms with Gasteiger partial charge in [0, 0.05) is 0 Å². The zero-order valence-corrected chi connectivity index (χ0v) is 7.52. The van der Waals surface area contributed by atoms with Gasteiger partial charge in [-0.05, 0) is 43.5 Å². The van der Waals surface area contributed by atoms with Gasteiger partial charge < -0.3 is 5.73 Å². The minimum atomic E-state index is -0.0968. The van der Waals surface area contributed by atoms with Gasteiger partial charge in [0.15, 0.2) is 0 Å². The Hall–Kier alpha value is -0.890. The third-order valence-electron chi connectivity index (χ3n) is 2.15. The number of rotatable bonds is 2. The summed E-state index contributed by atoms with van der Waals surface area (Å²) in [6, 6.07) is 3.74. The Bertz CT molecular complexity index is 281. The van der Waals surface area contributed by atoms with Gasteiger partial charge in [-0.25, -0.2) is 4.39 Å². The molecule has 0 bridgehead atoms. The number of nitrogens with two attached hydrogens (primary N) is 1. The van der Waals surface area contributed by atoms with Gasteiger partial charge in [-0.15, -0.1) is 0 Å². The van der Waals surface area contributed by atoms with Crippen LogP contribution in [-0.2, 0) is 6.42 Å². The van der Waals surface area contributed by atoms with Gasteiger partial charge in [-0.1, -0.05) is 12.1 Å². The Labute approximate surface area is 72.4 Å². The molecule has 1 nitrogen and oxygen atoms in total. The van der Waals surface area contributed by atoms with Gasteiger partial charge in [0.1, 0.15) is 5.82 Å². The second-order valence-corrected chi connectivity index (χ2v) is 3.02. The van der Waals surface area contributed by atoms with Crippen molar-refractivity contribution in [3.8, 4) is 0 Å². The van der Waals surface area contributed by atoms with E-state index in [9.17, 15) is 4.39 Å². The first-order valence-corrected chi connectivity index (χ1v) is 4.11. The average molecular weight is 167 g/mol. The molecule has 0 aromatic heterocycles. The predicted molar refractivity (Wildman–Crippen MR) is 48.6 cm³/mol. The molecule has 0 amide bonds. The number of hydrogen-bond acceptors (Lipinski definition) is 1. The van der Waals surface area contributed by atoms with Gasteiger partial charge in [-0.2, -0.15) is 0 Å². The summed E-state index contributed by atoms with van der Waals surface area (Å²) in [7, 11) is 0. The Morgan fingerprint density at radius 1 is 1.33 bits per heavy atom. The molecule has 2 heteroatoms. The maximum absolute atomic E-state index is 13.4. The van der Waals surface area contributed by atoms with Gasteiger partial charge in [0.2, 0.25) is 0 Å². The largest absolute Gasteiger partial charge is 0.330 e. The Balaban J connectivity index is 3.08. The van der Waals surface area contributed by atoms with E-state index in [1.54, 1.807) is 6.92 Å². The van der Waals surface area contributed by atoms with Crippen LogP contribution >= 0.6 is 0 Å². The van der Waals surface area contributed by atoms with Gasteiger partial charge in [0.25, 0.3) is 0 Å². The molecule has 2 N–H and O–H groups in total. The summed E-state index contributed by atoms with van der Waals surface area (Å²) in [6.45, 7) is 4.20. The average Bonchev–Trinajstić information content (AvgIpc) is 2.07. The standard InChI is InChI=1S/C10H14FN/c1-7-3-4-9(5-6-12)10(11)8(7)2/h3-4H,5-6,12H2,1-2H3. The highest BCUT2D eigenvalue weighted by atomic mass is 19.1. The zero-order valence-electron chi connectivity index (χ0n) is 7.52. The fourth-order valence-electron chi connectivity index (χ4n) is 1.19. The predicted octanol–water partition coefficient (Wildman–Crippen LogP) is 1.94. The maximum Gasteiger partial charge on any atom is 0.129 e.